The highest BCUT2D eigenvalue weighted by Gasteiger charge is 2.18. The Morgan fingerprint density at radius 3 is 2.62 bits per heavy atom. The van der Waals surface area contributed by atoms with Crippen LogP contribution in [0.4, 0.5) is 4.39 Å². The molecule has 0 bridgehead atoms. The monoisotopic (exact) mass is 351 g/mol. The average Bonchev–Trinajstić information content (AvgIpc) is 2.56. The molecule has 0 aromatic heterocycles. The number of nitrogens with one attached hydrogen (secondary N) is 1. The summed E-state index contributed by atoms with van der Waals surface area (Å²) in [4.78, 5) is 12.2. The second-order valence-corrected chi connectivity index (χ2v) is 5.71. The van der Waals surface area contributed by atoms with Crippen molar-refractivity contribution >= 4 is 17.5 Å². The summed E-state index contributed by atoms with van der Waals surface area (Å²) in [5.74, 6) is -1.29. The Labute approximate surface area is 145 Å². The molecule has 2 aromatic rings. The number of aryl methyl sites for hydroxylation is 1. The second kappa shape index (κ2) is 8.78. The average molecular weight is 352 g/mol. The minimum Gasteiger partial charge on any atom is -0.394 e. The van der Waals surface area contributed by atoms with Gasteiger partial charge < -0.3 is 15.2 Å². The number of ether oxygens (including phenoxy) is 1. The van der Waals surface area contributed by atoms with Gasteiger partial charge in [0, 0.05) is 6.54 Å². The quantitative estimate of drug-likeness (QED) is 0.805. The van der Waals surface area contributed by atoms with E-state index in [1.54, 1.807) is 0 Å². The van der Waals surface area contributed by atoms with Crippen LogP contribution in [0.1, 0.15) is 27.6 Å². The Kier molecular flexibility index (Phi) is 6.73. The van der Waals surface area contributed by atoms with Gasteiger partial charge in [-0.05, 0) is 24.6 Å². The van der Waals surface area contributed by atoms with E-state index < -0.39 is 17.8 Å². The number of carbonyl (C=O) groups is 1. The molecule has 0 aliphatic rings. The molecule has 4 nitrogen and oxygen atoms in total. The molecule has 0 saturated heterocycles. The number of carbonyl (C=O) groups excluding carboxylic acids is 1. The third-order valence-corrected chi connectivity index (χ3v) is 3.81. The third kappa shape index (κ3) is 4.77. The topological polar surface area (TPSA) is 58.6 Å². The van der Waals surface area contributed by atoms with Crippen molar-refractivity contribution in [1.82, 2.24) is 5.32 Å². The van der Waals surface area contributed by atoms with Gasteiger partial charge in [0.15, 0.2) is 0 Å². The molecule has 6 heteroatoms. The Balaban J connectivity index is 2.09. The van der Waals surface area contributed by atoms with E-state index in [1.165, 1.54) is 18.2 Å². The third-order valence-electron chi connectivity index (χ3n) is 3.50. The number of aliphatic hydroxyl groups is 1. The summed E-state index contributed by atoms with van der Waals surface area (Å²) in [6, 6.07) is 11.7. The highest BCUT2D eigenvalue weighted by molar-refractivity contribution is 6.33. The molecular formula is C18H19ClFNO3. The van der Waals surface area contributed by atoms with Crippen LogP contribution < -0.4 is 5.32 Å². The predicted molar refractivity (Wildman–Crippen MR) is 90.7 cm³/mol. The zero-order chi connectivity index (χ0) is 17.5. The lowest BCUT2D eigenvalue weighted by molar-refractivity contribution is 0.0277. The van der Waals surface area contributed by atoms with Gasteiger partial charge in [-0.15, -0.1) is 0 Å². The van der Waals surface area contributed by atoms with Crippen molar-refractivity contribution in [3.8, 4) is 0 Å². The molecule has 24 heavy (non-hydrogen) atoms. The minimum absolute atomic E-state index is 0.0515. The second-order valence-electron chi connectivity index (χ2n) is 5.30. The Bertz CT molecular complexity index is 671. The van der Waals surface area contributed by atoms with Crippen molar-refractivity contribution in [2.75, 3.05) is 19.8 Å². The maximum Gasteiger partial charge on any atom is 0.255 e. The van der Waals surface area contributed by atoms with Crippen LogP contribution in [0, 0.1) is 12.7 Å². The van der Waals surface area contributed by atoms with Gasteiger partial charge in [0.2, 0.25) is 0 Å². The molecule has 0 fully saturated rings. The minimum atomic E-state index is -0.678. The molecule has 2 aromatic carbocycles. The van der Waals surface area contributed by atoms with Crippen LogP contribution in [0.3, 0.4) is 0 Å². The van der Waals surface area contributed by atoms with Gasteiger partial charge >= 0.3 is 0 Å². The molecule has 0 radical (unpaired) electrons. The fourth-order valence-corrected chi connectivity index (χ4v) is 2.49. The molecule has 2 rings (SSSR count). The molecular weight excluding hydrogens is 333 g/mol. The van der Waals surface area contributed by atoms with Crippen LogP contribution in [0.15, 0.2) is 42.5 Å². The smallest absolute Gasteiger partial charge is 0.255 e. The van der Waals surface area contributed by atoms with Crippen LogP contribution in [-0.2, 0) is 4.74 Å². The highest BCUT2D eigenvalue weighted by Crippen LogP contribution is 2.20. The lowest BCUT2D eigenvalue weighted by Gasteiger charge is -2.19. The molecule has 0 heterocycles. The van der Waals surface area contributed by atoms with Crippen molar-refractivity contribution in [3.63, 3.8) is 0 Å². The first-order chi connectivity index (χ1) is 11.5. The van der Waals surface area contributed by atoms with Crippen molar-refractivity contribution < 1.29 is 19.0 Å². The molecule has 1 unspecified atom stereocenters. The van der Waals surface area contributed by atoms with Gasteiger partial charge in [-0.3, -0.25) is 4.79 Å². The van der Waals surface area contributed by atoms with E-state index in [0.717, 1.165) is 11.1 Å². The summed E-state index contributed by atoms with van der Waals surface area (Å²) in [6.07, 6.45) is -0.452. The van der Waals surface area contributed by atoms with Crippen molar-refractivity contribution in [3.05, 3.63) is 70.0 Å². The summed E-state index contributed by atoms with van der Waals surface area (Å²) < 4.78 is 19.4. The van der Waals surface area contributed by atoms with Crippen LogP contribution in [0.2, 0.25) is 5.02 Å². The van der Waals surface area contributed by atoms with E-state index >= 15 is 0 Å². The van der Waals surface area contributed by atoms with Gasteiger partial charge in [0.1, 0.15) is 5.82 Å². The van der Waals surface area contributed by atoms with Crippen molar-refractivity contribution in [2.24, 2.45) is 0 Å². The van der Waals surface area contributed by atoms with Crippen LogP contribution in [-0.4, -0.2) is 30.8 Å². The van der Waals surface area contributed by atoms with Gasteiger partial charge in [0.25, 0.3) is 5.91 Å². The summed E-state index contributed by atoms with van der Waals surface area (Å²) >= 11 is 5.89. The predicted octanol–water partition coefficient (Wildman–Crippen LogP) is 3.27. The van der Waals surface area contributed by atoms with E-state index in [2.05, 4.69) is 5.32 Å². The molecule has 1 amide bonds. The van der Waals surface area contributed by atoms with Gasteiger partial charge in [-0.2, -0.15) is 0 Å². The molecule has 128 valence electrons. The Morgan fingerprint density at radius 2 is 2.00 bits per heavy atom. The molecule has 0 spiro atoms. The fourth-order valence-electron chi connectivity index (χ4n) is 2.24. The number of aliphatic hydroxyl groups excluding tert-OH is 1. The molecule has 0 saturated carbocycles. The van der Waals surface area contributed by atoms with Crippen LogP contribution in [0.25, 0.3) is 0 Å². The first kappa shape index (κ1) is 18.4. The SMILES string of the molecule is Cc1ccc(C(CNC(=O)c2c(F)cccc2Cl)OCCO)cc1. The molecule has 2 N–H and O–H groups in total. The van der Waals surface area contributed by atoms with E-state index in [-0.39, 0.29) is 30.3 Å². The zero-order valence-electron chi connectivity index (χ0n) is 13.3. The summed E-state index contributed by atoms with van der Waals surface area (Å²) in [5, 5.41) is 11.6. The van der Waals surface area contributed by atoms with E-state index in [4.69, 9.17) is 21.4 Å². The summed E-state index contributed by atoms with van der Waals surface area (Å²) in [5.41, 5.74) is 1.76. The highest BCUT2D eigenvalue weighted by atomic mass is 35.5. The van der Waals surface area contributed by atoms with Crippen molar-refractivity contribution in [1.29, 1.82) is 0 Å². The van der Waals surface area contributed by atoms with Gasteiger partial charge in [-0.25, -0.2) is 4.39 Å². The lowest BCUT2D eigenvalue weighted by Crippen LogP contribution is -2.30. The standard InChI is InChI=1S/C18H19ClFNO3/c1-12-5-7-13(8-6-12)16(24-10-9-22)11-21-18(23)17-14(19)3-2-4-15(17)20/h2-8,16,22H,9-11H2,1H3,(H,21,23). The first-order valence-electron chi connectivity index (χ1n) is 7.54. The van der Waals surface area contributed by atoms with E-state index in [9.17, 15) is 9.18 Å². The molecule has 0 aliphatic carbocycles. The number of halogens is 2. The number of amides is 1. The maximum absolute atomic E-state index is 13.8. The Hall–Kier alpha value is -1.95. The normalized spacial score (nSPS) is 12.0. The fraction of sp³-hybridized carbons (Fsp3) is 0.278. The van der Waals surface area contributed by atoms with E-state index in [1.807, 2.05) is 31.2 Å². The number of rotatable bonds is 7. The number of hydrogen-bond donors (Lipinski definition) is 2. The number of benzene rings is 2. The largest absolute Gasteiger partial charge is 0.394 e. The summed E-state index contributed by atoms with van der Waals surface area (Å²) in [6.45, 7) is 2.10. The number of hydrogen-bond acceptors (Lipinski definition) is 3. The van der Waals surface area contributed by atoms with Crippen molar-refractivity contribution in [2.45, 2.75) is 13.0 Å². The molecule has 1 atom stereocenters. The zero-order valence-corrected chi connectivity index (χ0v) is 14.0. The summed E-state index contributed by atoms with van der Waals surface area (Å²) in [7, 11) is 0. The van der Waals surface area contributed by atoms with E-state index in [0.29, 0.717) is 0 Å². The van der Waals surface area contributed by atoms with Crippen LogP contribution >= 0.6 is 11.6 Å². The van der Waals surface area contributed by atoms with Gasteiger partial charge in [0.05, 0.1) is 29.9 Å². The van der Waals surface area contributed by atoms with Crippen LogP contribution in [0.5, 0.6) is 0 Å². The maximum atomic E-state index is 13.8. The molecule has 0 aliphatic heterocycles. The van der Waals surface area contributed by atoms with Gasteiger partial charge in [-0.1, -0.05) is 47.5 Å². The first-order valence-corrected chi connectivity index (χ1v) is 7.92. The Morgan fingerprint density at radius 1 is 1.29 bits per heavy atom. The lowest BCUT2D eigenvalue weighted by atomic mass is 10.1.